The van der Waals surface area contributed by atoms with Crippen molar-refractivity contribution < 1.29 is 4.79 Å². The number of carbonyl (C=O) groups excluding carboxylic acids is 1. The molecule has 5 heteroatoms. The monoisotopic (exact) mass is 299 g/mol. The molecule has 3 rings (SSSR count). The maximum Gasteiger partial charge on any atom is 0.269 e. The molecule has 0 bridgehead atoms. The summed E-state index contributed by atoms with van der Waals surface area (Å²) in [6, 6.07) is 7.89. The van der Waals surface area contributed by atoms with Gasteiger partial charge in [-0.1, -0.05) is 12.1 Å². The highest BCUT2D eigenvalue weighted by molar-refractivity contribution is 5.80. The van der Waals surface area contributed by atoms with Crippen LogP contribution in [-0.2, 0) is 11.3 Å². The van der Waals surface area contributed by atoms with E-state index in [-0.39, 0.29) is 30.1 Å². The minimum absolute atomic E-state index is 0.0122. The standard InChI is InChI=1S/C17H21N3O2/c1-12-6-5-7-13(2)20(12)17(22)11-19-15-9-4-3-8-14(15)18-10-16(19)21/h3-4,8-10,12-13H,5-7,11H2,1-2H3/t12-,13-/m1/s1. The molecular weight excluding hydrogens is 278 g/mol. The summed E-state index contributed by atoms with van der Waals surface area (Å²) in [5.41, 5.74) is 1.21. The lowest BCUT2D eigenvalue weighted by atomic mass is 9.97. The van der Waals surface area contributed by atoms with Gasteiger partial charge in [-0.05, 0) is 45.2 Å². The van der Waals surface area contributed by atoms with Gasteiger partial charge in [0.15, 0.2) is 0 Å². The number of piperidine rings is 1. The predicted octanol–water partition coefficient (Wildman–Crippen LogP) is 2.19. The molecule has 116 valence electrons. The summed E-state index contributed by atoms with van der Waals surface area (Å²) < 4.78 is 1.53. The lowest BCUT2D eigenvalue weighted by molar-refractivity contribution is -0.137. The molecule has 1 amide bonds. The van der Waals surface area contributed by atoms with Crippen molar-refractivity contribution in [2.24, 2.45) is 0 Å². The topological polar surface area (TPSA) is 55.2 Å². The first-order chi connectivity index (χ1) is 10.6. The second-order valence-corrected chi connectivity index (χ2v) is 6.10. The second kappa shape index (κ2) is 5.91. The van der Waals surface area contributed by atoms with Crippen LogP contribution in [-0.4, -0.2) is 32.4 Å². The third kappa shape index (κ3) is 2.63. The normalized spacial score (nSPS) is 22.0. The molecule has 2 heterocycles. The Morgan fingerprint density at radius 1 is 1.23 bits per heavy atom. The fraction of sp³-hybridized carbons (Fsp3) is 0.471. The lowest BCUT2D eigenvalue weighted by Gasteiger charge is -2.39. The summed E-state index contributed by atoms with van der Waals surface area (Å²) in [6.45, 7) is 4.25. The van der Waals surface area contributed by atoms with E-state index in [1.54, 1.807) is 0 Å². The SMILES string of the molecule is C[C@@H]1CCC[C@@H](C)N1C(=O)Cn1c(=O)cnc2ccccc21. The van der Waals surface area contributed by atoms with Crippen molar-refractivity contribution in [3.05, 3.63) is 40.8 Å². The highest BCUT2D eigenvalue weighted by Crippen LogP contribution is 2.23. The van der Waals surface area contributed by atoms with E-state index in [0.29, 0.717) is 5.52 Å². The summed E-state index contributed by atoms with van der Waals surface area (Å²) >= 11 is 0. The molecule has 2 atom stereocenters. The van der Waals surface area contributed by atoms with Gasteiger partial charge in [-0.3, -0.25) is 14.2 Å². The van der Waals surface area contributed by atoms with Gasteiger partial charge in [0.05, 0.1) is 17.2 Å². The number of likely N-dealkylation sites (tertiary alicyclic amines) is 1. The average Bonchev–Trinajstić information content (AvgIpc) is 2.50. The fourth-order valence-corrected chi connectivity index (χ4v) is 3.41. The number of fused-ring (bicyclic) bond motifs is 1. The summed E-state index contributed by atoms with van der Waals surface area (Å²) in [6.07, 6.45) is 4.51. The zero-order valence-corrected chi connectivity index (χ0v) is 13.0. The first kappa shape index (κ1) is 14.8. The Balaban J connectivity index is 1.94. The second-order valence-electron chi connectivity index (χ2n) is 6.10. The Morgan fingerprint density at radius 2 is 1.91 bits per heavy atom. The summed E-state index contributed by atoms with van der Waals surface area (Å²) in [5.74, 6) is 0.0122. The number of amides is 1. The van der Waals surface area contributed by atoms with E-state index in [9.17, 15) is 9.59 Å². The van der Waals surface area contributed by atoms with Crippen LogP contribution in [0.25, 0.3) is 11.0 Å². The van der Waals surface area contributed by atoms with Gasteiger partial charge in [0, 0.05) is 12.1 Å². The van der Waals surface area contributed by atoms with Crippen LogP contribution >= 0.6 is 0 Å². The van der Waals surface area contributed by atoms with E-state index >= 15 is 0 Å². The molecule has 1 aromatic carbocycles. The Morgan fingerprint density at radius 3 is 2.64 bits per heavy atom. The smallest absolute Gasteiger partial charge is 0.269 e. The first-order valence-electron chi connectivity index (χ1n) is 7.83. The number of aromatic nitrogens is 2. The number of hydrogen-bond donors (Lipinski definition) is 0. The van der Waals surface area contributed by atoms with Gasteiger partial charge in [-0.2, -0.15) is 0 Å². The van der Waals surface area contributed by atoms with E-state index in [4.69, 9.17) is 0 Å². The van der Waals surface area contributed by atoms with Crippen molar-refractivity contribution >= 4 is 16.9 Å². The maximum atomic E-state index is 12.7. The zero-order chi connectivity index (χ0) is 15.7. The minimum atomic E-state index is -0.232. The van der Waals surface area contributed by atoms with Gasteiger partial charge in [0.2, 0.25) is 5.91 Å². The third-order valence-corrected chi connectivity index (χ3v) is 4.53. The molecule has 22 heavy (non-hydrogen) atoms. The Labute approximate surface area is 129 Å². The van der Waals surface area contributed by atoms with Gasteiger partial charge in [-0.25, -0.2) is 4.98 Å². The largest absolute Gasteiger partial charge is 0.336 e. The first-order valence-corrected chi connectivity index (χ1v) is 7.83. The number of carbonyl (C=O) groups is 1. The van der Waals surface area contributed by atoms with Crippen LogP contribution < -0.4 is 5.56 Å². The van der Waals surface area contributed by atoms with E-state index in [0.717, 1.165) is 24.8 Å². The van der Waals surface area contributed by atoms with Crippen molar-refractivity contribution in [2.45, 2.75) is 51.7 Å². The van der Waals surface area contributed by atoms with Crippen LogP contribution in [0.1, 0.15) is 33.1 Å². The highest BCUT2D eigenvalue weighted by Gasteiger charge is 2.29. The van der Waals surface area contributed by atoms with Gasteiger partial charge in [-0.15, -0.1) is 0 Å². The van der Waals surface area contributed by atoms with Crippen LogP contribution in [0.3, 0.4) is 0 Å². The molecule has 1 aromatic heterocycles. The van der Waals surface area contributed by atoms with Gasteiger partial charge in [0.1, 0.15) is 6.54 Å². The van der Waals surface area contributed by atoms with Crippen molar-refractivity contribution in [3.63, 3.8) is 0 Å². The summed E-state index contributed by atoms with van der Waals surface area (Å²) in [7, 11) is 0. The number of nitrogens with zero attached hydrogens (tertiary/aromatic N) is 3. The minimum Gasteiger partial charge on any atom is -0.336 e. The highest BCUT2D eigenvalue weighted by atomic mass is 16.2. The Hall–Kier alpha value is -2.17. The van der Waals surface area contributed by atoms with Crippen LogP contribution in [0.15, 0.2) is 35.3 Å². The molecule has 1 aliphatic heterocycles. The Kier molecular flexibility index (Phi) is 3.96. The van der Waals surface area contributed by atoms with Crippen molar-refractivity contribution in [2.75, 3.05) is 0 Å². The number of rotatable bonds is 2. The van der Waals surface area contributed by atoms with Gasteiger partial charge in [0.25, 0.3) is 5.56 Å². The van der Waals surface area contributed by atoms with E-state index in [1.165, 1.54) is 10.8 Å². The fourth-order valence-electron chi connectivity index (χ4n) is 3.41. The molecular formula is C17H21N3O2. The molecule has 0 N–H and O–H groups in total. The molecule has 1 aliphatic rings. The van der Waals surface area contributed by atoms with Crippen LogP contribution in [0.4, 0.5) is 0 Å². The Bertz CT molecular complexity index is 743. The van der Waals surface area contributed by atoms with Gasteiger partial charge < -0.3 is 4.90 Å². The molecule has 0 unspecified atom stereocenters. The van der Waals surface area contributed by atoms with Crippen LogP contribution in [0.2, 0.25) is 0 Å². The molecule has 0 radical (unpaired) electrons. The number of benzene rings is 1. The van der Waals surface area contributed by atoms with Crippen molar-refractivity contribution in [1.29, 1.82) is 0 Å². The van der Waals surface area contributed by atoms with Crippen LogP contribution in [0, 0.1) is 0 Å². The zero-order valence-electron chi connectivity index (χ0n) is 13.0. The third-order valence-electron chi connectivity index (χ3n) is 4.53. The molecule has 0 aliphatic carbocycles. The number of para-hydroxylation sites is 2. The average molecular weight is 299 g/mol. The molecule has 0 spiro atoms. The molecule has 1 fully saturated rings. The van der Waals surface area contributed by atoms with Crippen molar-refractivity contribution in [1.82, 2.24) is 14.5 Å². The van der Waals surface area contributed by atoms with Crippen molar-refractivity contribution in [3.8, 4) is 0 Å². The molecule has 0 saturated carbocycles. The van der Waals surface area contributed by atoms with E-state index in [2.05, 4.69) is 18.8 Å². The molecule has 5 nitrogen and oxygen atoms in total. The quantitative estimate of drug-likeness (QED) is 0.854. The maximum absolute atomic E-state index is 12.7. The predicted molar refractivity (Wildman–Crippen MR) is 85.6 cm³/mol. The molecule has 1 saturated heterocycles. The van der Waals surface area contributed by atoms with E-state index in [1.807, 2.05) is 29.2 Å². The summed E-state index contributed by atoms with van der Waals surface area (Å²) in [5, 5.41) is 0. The lowest BCUT2D eigenvalue weighted by Crippen LogP contribution is -2.49. The number of hydrogen-bond acceptors (Lipinski definition) is 3. The van der Waals surface area contributed by atoms with Crippen LogP contribution in [0.5, 0.6) is 0 Å². The van der Waals surface area contributed by atoms with E-state index < -0.39 is 0 Å². The van der Waals surface area contributed by atoms with Gasteiger partial charge >= 0.3 is 0 Å². The summed E-state index contributed by atoms with van der Waals surface area (Å²) in [4.78, 5) is 30.9. The molecule has 2 aromatic rings.